The molecular formula is C21H24N2O5S. The number of ether oxygens (including phenoxy) is 1. The number of benzene rings is 2. The summed E-state index contributed by atoms with van der Waals surface area (Å²) in [4.78, 5) is 25.2. The van der Waals surface area contributed by atoms with E-state index in [0.717, 1.165) is 16.9 Å². The normalized spacial score (nSPS) is 15.6. The van der Waals surface area contributed by atoms with Crippen molar-refractivity contribution in [2.24, 2.45) is 0 Å². The number of nitrogens with zero attached hydrogens (tertiary/aromatic N) is 1. The Kier molecular flexibility index (Phi) is 6.34. The van der Waals surface area contributed by atoms with E-state index in [1.54, 1.807) is 6.92 Å². The van der Waals surface area contributed by atoms with E-state index in [1.165, 1.54) is 25.3 Å². The highest BCUT2D eigenvalue weighted by Crippen LogP contribution is 2.34. The molecule has 3 rings (SSSR count). The van der Waals surface area contributed by atoms with Gasteiger partial charge in [-0.3, -0.25) is 9.59 Å². The van der Waals surface area contributed by atoms with Crippen molar-refractivity contribution in [3.05, 3.63) is 54.1 Å². The van der Waals surface area contributed by atoms with Gasteiger partial charge in [-0.05, 0) is 43.5 Å². The lowest BCUT2D eigenvalue weighted by Gasteiger charge is -2.19. The first-order valence-corrected chi connectivity index (χ1v) is 10.9. The van der Waals surface area contributed by atoms with Crippen LogP contribution in [0.15, 0.2) is 53.4 Å². The van der Waals surface area contributed by atoms with Crippen LogP contribution in [-0.2, 0) is 26.0 Å². The van der Waals surface area contributed by atoms with E-state index in [4.69, 9.17) is 4.74 Å². The average Bonchev–Trinajstić information content (AvgIpc) is 3.04. The van der Waals surface area contributed by atoms with Gasteiger partial charge in [-0.15, -0.1) is 0 Å². The molecule has 154 valence electrons. The lowest BCUT2D eigenvalue weighted by molar-refractivity contribution is -0.121. The van der Waals surface area contributed by atoms with Crippen LogP contribution in [0.5, 0.6) is 5.75 Å². The molecule has 0 bridgehead atoms. The van der Waals surface area contributed by atoms with Crippen LogP contribution in [0, 0.1) is 0 Å². The molecule has 1 saturated heterocycles. The fraction of sp³-hybridized carbons (Fsp3) is 0.333. The Morgan fingerprint density at radius 1 is 1.07 bits per heavy atom. The maximum atomic E-state index is 12.8. The number of hydrogen-bond donors (Lipinski definition) is 1. The molecule has 1 atom stereocenters. The number of carbonyl (C=O) groups is 2. The number of amides is 2. The van der Waals surface area contributed by atoms with Crippen molar-refractivity contribution >= 4 is 27.5 Å². The molecule has 0 saturated carbocycles. The van der Waals surface area contributed by atoms with Crippen LogP contribution in [0.25, 0.3) is 0 Å². The van der Waals surface area contributed by atoms with Crippen molar-refractivity contribution in [2.45, 2.75) is 43.5 Å². The van der Waals surface area contributed by atoms with Gasteiger partial charge in [0.2, 0.25) is 21.8 Å². The van der Waals surface area contributed by atoms with Gasteiger partial charge in [-0.25, -0.2) is 18.0 Å². The Labute approximate surface area is 170 Å². The van der Waals surface area contributed by atoms with Crippen LogP contribution in [0.4, 0.5) is 5.69 Å². The summed E-state index contributed by atoms with van der Waals surface area (Å²) >= 11 is 0. The molecule has 1 unspecified atom stereocenters. The number of hydrogen-bond acceptors (Lipinski definition) is 5. The second kappa shape index (κ2) is 8.75. The van der Waals surface area contributed by atoms with Crippen molar-refractivity contribution in [3.63, 3.8) is 0 Å². The topological polar surface area (TPSA) is 92.8 Å². The number of methoxy groups -OCH3 is 1. The van der Waals surface area contributed by atoms with Gasteiger partial charge in [0.25, 0.3) is 0 Å². The molecule has 1 N–H and O–H groups in total. The predicted octanol–water partition coefficient (Wildman–Crippen LogP) is 2.65. The molecular weight excluding hydrogens is 392 g/mol. The SMILES string of the molecule is COc1ccc(S(=O)(=O)NC(C)CCc2ccccc2)cc1N1C(=O)CCC1=O. The summed E-state index contributed by atoms with van der Waals surface area (Å²) < 4.78 is 33.6. The molecule has 1 aliphatic rings. The summed E-state index contributed by atoms with van der Waals surface area (Å²) in [6, 6.07) is 13.7. The number of imide groups is 1. The largest absolute Gasteiger partial charge is 0.495 e. The molecule has 7 nitrogen and oxygen atoms in total. The van der Waals surface area contributed by atoms with Gasteiger partial charge in [0.05, 0.1) is 17.7 Å². The smallest absolute Gasteiger partial charge is 0.240 e. The highest BCUT2D eigenvalue weighted by Gasteiger charge is 2.33. The third kappa shape index (κ3) is 4.83. The maximum absolute atomic E-state index is 12.8. The monoisotopic (exact) mass is 416 g/mol. The second-order valence-electron chi connectivity index (χ2n) is 7.00. The molecule has 2 amide bonds. The maximum Gasteiger partial charge on any atom is 0.240 e. The Morgan fingerprint density at radius 3 is 2.34 bits per heavy atom. The minimum atomic E-state index is -3.83. The average molecular weight is 416 g/mol. The lowest BCUT2D eigenvalue weighted by Crippen LogP contribution is -2.33. The Balaban J connectivity index is 1.78. The van der Waals surface area contributed by atoms with Gasteiger partial charge < -0.3 is 4.74 Å². The molecule has 2 aromatic rings. The van der Waals surface area contributed by atoms with Crippen LogP contribution < -0.4 is 14.4 Å². The first-order valence-electron chi connectivity index (χ1n) is 9.42. The highest BCUT2D eigenvalue weighted by atomic mass is 32.2. The van der Waals surface area contributed by atoms with E-state index in [-0.39, 0.29) is 47.0 Å². The Hall–Kier alpha value is -2.71. The molecule has 2 aromatic carbocycles. The standard InChI is InChI=1S/C21H24N2O5S/c1-15(8-9-16-6-4-3-5-7-16)22-29(26,27)17-10-11-19(28-2)18(14-17)23-20(24)12-13-21(23)25/h3-7,10-11,14-15,22H,8-9,12-13H2,1-2H3. The number of rotatable bonds is 8. The van der Waals surface area contributed by atoms with E-state index in [0.29, 0.717) is 6.42 Å². The van der Waals surface area contributed by atoms with Crippen LogP contribution in [-0.4, -0.2) is 33.4 Å². The van der Waals surface area contributed by atoms with Crippen LogP contribution >= 0.6 is 0 Å². The van der Waals surface area contributed by atoms with Crippen LogP contribution in [0.1, 0.15) is 31.7 Å². The zero-order valence-electron chi connectivity index (χ0n) is 16.4. The molecule has 0 aliphatic carbocycles. The molecule has 29 heavy (non-hydrogen) atoms. The molecule has 0 spiro atoms. The summed E-state index contributed by atoms with van der Waals surface area (Å²) in [5.74, 6) is -0.469. The number of aryl methyl sites for hydroxylation is 1. The van der Waals surface area contributed by atoms with Crippen LogP contribution in [0.2, 0.25) is 0 Å². The fourth-order valence-electron chi connectivity index (χ4n) is 3.28. The lowest BCUT2D eigenvalue weighted by atomic mass is 10.1. The summed E-state index contributed by atoms with van der Waals surface area (Å²) in [7, 11) is -2.43. The molecule has 1 heterocycles. The van der Waals surface area contributed by atoms with E-state index < -0.39 is 10.0 Å². The first kappa shape index (κ1) is 21.0. The summed E-state index contributed by atoms with van der Waals surface area (Å²) in [6.07, 6.45) is 1.59. The van der Waals surface area contributed by atoms with Gasteiger partial charge in [-0.2, -0.15) is 0 Å². The van der Waals surface area contributed by atoms with E-state index in [2.05, 4.69) is 4.72 Å². The summed E-state index contributed by atoms with van der Waals surface area (Å²) in [6.45, 7) is 1.80. The van der Waals surface area contributed by atoms with E-state index >= 15 is 0 Å². The molecule has 8 heteroatoms. The second-order valence-corrected chi connectivity index (χ2v) is 8.72. The molecule has 1 fully saturated rings. The fourth-order valence-corrected chi connectivity index (χ4v) is 4.57. The van der Waals surface area contributed by atoms with Crippen LogP contribution in [0.3, 0.4) is 0 Å². The van der Waals surface area contributed by atoms with Crippen molar-refractivity contribution in [3.8, 4) is 5.75 Å². The number of anilines is 1. The number of carbonyl (C=O) groups excluding carboxylic acids is 2. The molecule has 1 aliphatic heterocycles. The third-order valence-electron chi connectivity index (χ3n) is 4.82. The summed E-state index contributed by atoms with van der Waals surface area (Å²) in [5, 5.41) is 0. The molecule has 0 aromatic heterocycles. The first-order chi connectivity index (χ1) is 13.8. The van der Waals surface area contributed by atoms with Gasteiger partial charge in [-0.1, -0.05) is 30.3 Å². The van der Waals surface area contributed by atoms with Crippen molar-refractivity contribution in [1.82, 2.24) is 4.72 Å². The van der Waals surface area contributed by atoms with Crippen molar-refractivity contribution in [2.75, 3.05) is 12.0 Å². The number of sulfonamides is 1. The molecule has 0 radical (unpaired) electrons. The Bertz CT molecular complexity index is 989. The minimum absolute atomic E-state index is 0.0210. The van der Waals surface area contributed by atoms with E-state index in [1.807, 2.05) is 30.3 Å². The zero-order valence-corrected chi connectivity index (χ0v) is 17.2. The van der Waals surface area contributed by atoms with Crippen molar-refractivity contribution < 1.29 is 22.7 Å². The van der Waals surface area contributed by atoms with Gasteiger partial charge in [0.1, 0.15) is 5.75 Å². The predicted molar refractivity (Wildman–Crippen MR) is 109 cm³/mol. The Morgan fingerprint density at radius 2 is 1.72 bits per heavy atom. The van der Waals surface area contributed by atoms with Gasteiger partial charge in [0, 0.05) is 18.9 Å². The minimum Gasteiger partial charge on any atom is -0.495 e. The third-order valence-corrected chi connectivity index (χ3v) is 6.41. The van der Waals surface area contributed by atoms with E-state index in [9.17, 15) is 18.0 Å². The highest BCUT2D eigenvalue weighted by molar-refractivity contribution is 7.89. The zero-order chi connectivity index (χ0) is 21.0. The van der Waals surface area contributed by atoms with Gasteiger partial charge >= 0.3 is 0 Å². The quantitative estimate of drug-likeness (QED) is 0.668. The van der Waals surface area contributed by atoms with Crippen molar-refractivity contribution in [1.29, 1.82) is 0 Å². The summed E-state index contributed by atoms with van der Waals surface area (Å²) in [5.41, 5.74) is 1.29. The number of nitrogens with one attached hydrogen (secondary N) is 1. The van der Waals surface area contributed by atoms with Gasteiger partial charge in [0.15, 0.2) is 0 Å².